The van der Waals surface area contributed by atoms with E-state index in [1.807, 2.05) is 21.1 Å². The molecule has 55 heavy (non-hydrogen) atoms. The molecule has 0 aromatic carbocycles. The summed E-state index contributed by atoms with van der Waals surface area (Å²) in [6.07, 6.45) is 43.6. The lowest BCUT2D eigenvalue weighted by molar-refractivity contribution is -0.870. The van der Waals surface area contributed by atoms with Crippen LogP contribution in [0.3, 0.4) is 0 Å². The highest BCUT2D eigenvalue weighted by molar-refractivity contribution is 7.45. The molecule has 0 bridgehead atoms. The number of carbonyl (C=O) groups excluding carboxylic acids is 1. The fraction of sp³-hybridized carbons (Fsp3) is 0.935. The van der Waals surface area contributed by atoms with Crippen molar-refractivity contribution in [2.45, 2.75) is 225 Å². The van der Waals surface area contributed by atoms with Crippen molar-refractivity contribution in [3.05, 3.63) is 12.2 Å². The molecule has 9 heteroatoms. The number of ether oxygens (including phenoxy) is 2. The normalized spacial score (nSPS) is 13.8. The van der Waals surface area contributed by atoms with Gasteiger partial charge in [-0.2, -0.15) is 0 Å². The number of phosphoric ester groups is 1. The summed E-state index contributed by atoms with van der Waals surface area (Å²) in [7, 11) is 1.37. The Kier molecular flexibility index (Phi) is 39.5. The Morgan fingerprint density at radius 2 is 0.945 bits per heavy atom. The van der Waals surface area contributed by atoms with Crippen LogP contribution in [-0.4, -0.2) is 70.7 Å². The van der Waals surface area contributed by atoms with Gasteiger partial charge in [0.05, 0.1) is 34.4 Å². The summed E-state index contributed by atoms with van der Waals surface area (Å²) in [4.78, 5) is 25.0. The van der Waals surface area contributed by atoms with Gasteiger partial charge in [0.15, 0.2) is 0 Å². The lowest BCUT2D eigenvalue weighted by Gasteiger charge is -2.28. The standard InChI is InChI=1S/C46H92NO7P/c1-6-8-10-12-14-16-18-20-21-22-23-24-25-26-28-30-32-34-36-38-41-51-43-45(44-53-55(49,50)52-42-40-47(3,4)5)54-46(48)39-37-35-33-31-29-27-19-17-15-13-11-9-7-2/h20-21,45H,6-19,22-44H2,1-5H3/b21-20-. The predicted octanol–water partition coefficient (Wildman–Crippen LogP) is 13.2. The van der Waals surface area contributed by atoms with Gasteiger partial charge in [-0.3, -0.25) is 9.36 Å². The molecule has 0 aromatic rings. The molecule has 0 heterocycles. The molecule has 0 aliphatic carbocycles. The van der Waals surface area contributed by atoms with Crippen LogP contribution >= 0.6 is 7.82 Å². The molecule has 0 amide bonds. The van der Waals surface area contributed by atoms with E-state index in [2.05, 4.69) is 26.0 Å². The molecule has 2 atom stereocenters. The fourth-order valence-electron chi connectivity index (χ4n) is 6.66. The maximum absolute atomic E-state index is 12.7. The van der Waals surface area contributed by atoms with E-state index in [4.69, 9.17) is 18.5 Å². The van der Waals surface area contributed by atoms with Gasteiger partial charge in [-0.25, -0.2) is 0 Å². The van der Waals surface area contributed by atoms with Crippen LogP contribution in [0.2, 0.25) is 0 Å². The highest BCUT2D eigenvalue weighted by Crippen LogP contribution is 2.38. The summed E-state index contributed by atoms with van der Waals surface area (Å²) in [6.45, 7) is 5.44. The van der Waals surface area contributed by atoms with Crippen LogP contribution in [0.15, 0.2) is 12.2 Å². The molecule has 8 nitrogen and oxygen atoms in total. The molecule has 328 valence electrons. The van der Waals surface area contributed by atoms with E-state index in [1.54, 1.807) is 0 Å². The first-order chi connectivity index (χ1) is 26.6. The second kappa shape index (κ2) is 40.0. The molecule has 0 N–H and O–H groups in total. The number of phosphoric acid groups is 1. The van der Waals surface area contributed by atoms with Gasteiger partial charge in [-0.05, 0) is 38.5 Å². The first-order valence-electron chi connectivity index (χ1n) is 23.4. The summed E-state index contributed by atoms with van der Waals surface area (Å²) in [6, 6.07) is 0. The van der Waals surface area contributed by atoms with E-state index in [9.17, 15) is 14.3 Å². The number of hydrogen-bond donors (Lipinski definition) is 0. The Morgan fingerprint density at radius 3 is 1.38 bits per heavy atom. The van der Waals surface area contributed by atoms with E-state index in [0.717, 1.165) is 32.1 Å². The Hall–Kier alpha value is -0.760. The molecule has 0 aliphatic rings. The van der Waals surface area contributed by atoms with Crippen LogP contribution in [0.5, 0.6) is 0 Å². The van der Waals surface area contributed by atoms with E-state index in [-0.39, 0.29) is 25.8 Å². The lowest BCUT2D eigenvalue weighted by Crippen LogP contribution is -2.37. The van der Waals surface area contributed by atoms with Crippen molar-refractivity contribution < 1.29 is 37.3 Å². The maximum atomic E-state index is 12.7. The van der Waals surface area contributed by atoms with E-state index in [1.165, 1.54) is 167 Å². The zero-order valence-electron chi connectivity index (χ0n) is 37.1. The number of esters is 1. The van der Waals surface area contributed by atoms with E-state index >= 15 is 0 Å². The molecule has 2 unspecified atom stereocenters. The molecule has 0 saturated carbocycles. The van der Waals surface area contributed by atoms with Gasteiger partial charge >= 0.3 is 5.97 Å². The van der Waals surface area contributed by atoms with Crippen molar-refractivity contribution in [2.75, 3.05) is 54.1 Å². The Morgan fingerprint density at radius 1 is 0.545 bits per heavy atom. The van der Waals surface area contributed by atoms with Crippen LogP contribution in [0, 0.1) is 0 Å². The van der Waals surface area contributed by atoms with Crippen LogP contribution in [0.1, 0.15) is 219 Å². The highest BCUT2D eigenvalue weighted by atomic mass is 31.2. The zero-order valence-corrected chi connectivity index (χ0v) is 38.0. The molecular weight excluding hydrogens is 709 g/mol. The number of allylic oxidation sites excluding steroid dienone is 2. The number of likely N-dealkylation sites (N-methyl/N-ethyl adjacent to an activating group) is 1. The average molecular weight is 802 g/mol. The lowest BCUT2D eigenvalue weighted by atomic mass is 10.0. The summed E-state index contributed by atoms with van der Waals surface area (Å²) < 4.78 is 34.6. The number of quaternary nitrogens is 1. The second-order valence-electron chi connectivity index (χ2n) is 17.1. The van der Waals surface area contributed by atoms with Crippen molar-refractivity contribution in [3.8, 4) is 0 Å². The Labute approximate surface area is 341 Å². The van der Waals surface area contributed by atoms with Gasteiger partial charge in [0.1, 0.15) is 19.3 Å². The van der Waals surface area contributed by atoms with Crippen molar-refractivity contribution in [3.63, 3.8) is 0 Å². The summed E-state index contributed by atoms with van der Waals surface area (Å²) in [5.74, 6) is -0.331. The van der Waals surface area contributed by atoms with Crippen LogP contribution in [-0.2, 0) is 27.9 Å². The summed E-state index contributed by atoms with van der Waals surface area (Å²) in [5, 5.41) is 0. The number of unbranched alkanes of at least 4 members (excludes halogenated alkanes) is 28. The summed E-state index contributed by atoms with van der Waals surface area (Å²) >= 11 is 0. The number of hydrogen-bond acceptors (Lipinski definition) is 7. The van der Waals surface area contributed by atoms with Gasteiger partial charge in [0.25, 0.3) is 7.82 Å². The van der Waals surface area contributed by atoms with Crippen LogP contribution in [0.4, 0.5) is 0 Å². The zero-order chi connectivity index (χ0) is 40.6. The second-order valence-corrected chi connectivity index (χ2v) is 18.5. The molecule has 0 spiro atoms. The number of carbonyl (C=O) groups is 1. The topological polar surface area (TPSA) is 94.1 Å². The third kappa shape index (κ3) is 44.2. The number of rotatable bonds is 44. The Balaban J connectivity index is 4.13. The third-order valence-electron chi connectivity index (χ3n) is 10.3. The van der Waals surface area contributed by atoms with Gasteiger partial charge < -0.3 is 27.9 Å². The minimum atomic E-state index is -4.52. The van der Waals surface area contributed by atoms with Crippen molar-refractivity contribution in [2.24, 2.45) is 0 Å². The highest BCUT2D eigenvalue weighted by Gasteiger charge is 2.20. The minimum absolute atomic E-state index is 0.0293. The van der Waals surface area contributed by atoms with E-state index in [0.29, 0.717) is 24.1 Å². The smallest absolute Gasteiger partial charge is 0.306 e. The van der Waals surface area contributed by atoms with Crippen molar-refractivity contribution >= 4 is 13.8 Å². The summed E-state index contributed by atoms with van der Waals surface area (Å²) in [5.41, 5.74) is 0. The number of nitrogens with zero attached hydrogens (tertiary/aromatic N) is 1. The maximum Gasteiger partial charge on any atom is 0.306 e. The molecule has 0 rings (SSSR count). The molecule has 0 fully saturated rings. The van der Waals surface area contributed by atoms with Gasteiger partial charge in [0, 0.05) is 13.0 Å². The van der Waals surface area contributed by atoms with Crippen LogP contribution < -0.4 is 4.89 Å². The molecule has 0 radical (unpaired) electrons. The monoisotopic (exact) mass is 802 g/mol. The van der Waals surface area contributed by atoms with Gasteiger partial charge in [-0.15, -0.1) is 0 Å². The predicted molar refractivity (Wildman–Crippen MR) is 231 cm³/mol. The molecule has 0 aliphatic heterocycles. The SMILES string of the molecule is CCCCCCCC/C=C\CCCCCCCCCCCCOCC(COP(=O)([O-])OCC[N+](C)(C)C)OC(=O)CCCCCCCCCCCCCCC. The van der Waals surface area contributed by atoms with Gasteiger partial charge in [-0.1, -0.05) is 187 Å². The van der Waals surface area contributed by atoms with E-state index < -0.39 is 13.9 Å². The van der Waals surface area contributed by atoms with Crippen molar-refractivity contribution in [1.29, 1.82) is 0 Å². The third-order valence-corrected chi connectivity index (χ3v) is 11.3. The first-order valence-corrected chi connectivity index (χ1v) is 24.9. The quantitative estimate of drug-likeness (QED) is 0.0199. The first kappa shape index (κ1) is 54.2. The molecular formula is C46H92NO7P. The Bertz CT molecular complexity index is 894. The minimum Gasteiger partial charge on any atom is -0.756 e. The largest absolute Gasteiger partial charge is 0.756 e. The average Bonchev–Trinajstić information content (AvgIpc) is 3.13. The van der Waals surface area contributed by atoms with Gasteiger partial charge in [0.2, 0.25) is 0 Å². The fourth-order valence-corrected chi connectivity index (χ4v) is 7.39. The van der Waals surface area contributed by atoms with Crippen molar-refractivity contribution in [1.82, 2.24) is 0 Å². The molecule has 0 saturated heterocycles. The van der Waals surface area contributed by atoms with Crippen LogP contribution in [0.25, 0.3) is 0 Å². The molecule has 0 aromatic heterocycles.